The second-order valence-electron chi connectivity index (χ2n) is 6.54. The number of imide groups is 1. The van der Waals surface area contributed by atoms with Crippen LogP contribution in [0, 0.1) is 5.82 Å². The van der Waals surface area contributed by atoms with Crippen LogP contribution in [0.15, 0.2) is 71.6 Å². The Balaban J connectivity index is 1.66. The van der Waals surface area contributed by atoms with Crippen molar-refractivity contribution in [2.24, 2.45) is 0 Å². The molecule has 4 rings (SSSR count). The molecule has 1 atom stereocenters. The van der Waals surface area contributed by atoms with E-state index >= 15 is 0 Å². The van der Waals surface area contributed by atoms with Gasteiger partial charge < -0.3 is 9.32 Å². The van der Waals surface area contributed by atoms with Gasteiger partial charge in [0.1, 0.15) is 11.9 Å². The zero-order valence-electron chi connectivity index (χ0n) is 15.2. The molecule has 0 radical (unpaired) electrons. The number of halogens is 1. The van der Waals surface area contributed by atoms with Crippen molar-refractivity contribution < 1.29 is 23.2 Å². The topological polar surface area (TPSA) is 83.7 Å². The summed E-state index contributed by atoms with van der Waals surface area (Å²) in [6, 6.07) is 10.6. The number of rotatable bonds is 5. The van der Waals surface area contributed by atoms with Gasteiger partial charge in [-0.15, -0.1) is 0 Å². The third-order valence-electron chi connectivity index (χ3n) is 4.65. The summed E-state index contributed by atoms with van der Waals surface area (Å²) < 4.78 is 18.4. The molecule has 1 aliphatic heterocycles. The van der Waals surface area contributed by atoms with E-state index < -0.39 is 29.6 Å². The Morgan fingerprint density at radius 2 is 1.97 bits per heavy atom. The van der Waals surface area contributed by atoms with Crippen LogP contribution in [0.3, 0.4) is 0 Å². The highest BCUT2D eigenvalue weighted by Crippen LogP contribution is 2.28. The van der Waals surface area contributed by atoms with Crippen molar-refractivity contribution in [1.82, 2.24) is 9.88 Å². The fraction of sp³-hybridized carbons (Fsp3) is 0.143. The maximum atomic E-state index is 13.2. The summed E-state index contributed by atoms with van der Waals surface area (Å²) in [5.41, 5.74) is 0.962. The molecule has 29 heavy (non-hydrogen) atoms. The lowest BCUT2D eigenvalue weighted by molar-refractivity contribution is -0.122. The highest BCUT2D eigenvalue weighted by atomic mass is 19.1. The summed E-state index contributed by atoms with van der Waals surface area (Å²) in [5.74, 6) is -1.93. The Morgan fingerprint density at radius 3 is 2.62 bits per heavy atom. The summed E-state index contributed by atoms with van der Waals surface area (Å²) in [6.45, 7) is 0.0777. The van der Waals surface area contributed by atoms with Crippen LogP contribution in [0.5, 0.6) is 0 Å². The lowest BCUT2D eigenvalue weighted by atomic mass is 10.1. The van der Waals surface area contributed by atoms with Crippen molar-refractivity contribution >= 4 is 23.4 Å². The molecule has 8 heteroatoms. The third kappa shape index (κ3) is 3.64. The number of carbonyl (C=O) groups excluding carboxylic acids is 3. The molecule has 0 saturated carbocycles. The number of hydrogen-bond acceptors (Lipinski definition) is 5. The number of benzene rings is 1. The Hall–Kier alpha value is -3.81. The molecule has 0 aliphatic carbocycles. The number of carbonyl (C=O) groups is 3. The van der Waals surface area contributed by atoms with Crippen molar-refractivity contribution in [3.63, 3.8) is 0 Å². The molecule has 3 amide bonds. The van der Waals surface area contributed by atoms with E-state index in [1.54, 1.807) is 30.6 Å². The van der Waals surface area contributed by atoms with E-state index in [4.69, 9.17) is 4.42 Å². The summed E-state index contributed by atoms with van der Waals surface area (Å²) in [7, 11) is 0. The molecule has 0 N–H and O–H groups in total. The molecule has 1 saturated heterocycles. The molecule has 3 aromatic rings. The number of furan rings is 1. The molecule has 146 valence electrons. The Morgan fingerprint density at radius 1 is 1.17 bits per heavy atom. The maximum Gasteiger partial charge on any atom is 0.290 e. The zero-order valence-corrected chi connectivity index (χ0v) is 15.2. The van der Waals surface area contributed by atoms with E-state index in [1.165, 1.54) is 41.5 Å². The van der Waals surface area contributed by atoms with Gasteiger partial charge in [0.05, 0.1) is 18.4 Å². The summed E-state index contributed by atoms with van der Waals surface area (Å²) in [5, 5.41) is 0. The molecule has 0 spiro atoms. The molecule has 7 nitrogen and oxygen atoms in total. The van der Waals surface area contributed by atoms with Crippen LogP contribution in [0.2, 0.25) is 0 Å². The molecular formula is C21H16FN3O4. The monoisotopic (exact) mass is 393 g/mol. The molecule has 1 fully saturated rings. The average Bonchev–Trinajstić information content (AvgIpc) is 3.36. The highest BCUT2D eigenvalue weighted by Gasteiger charge is 2.45. The minimum Gasteiger partial charge on any atom is -0.459 e. The number of hydrogen-bond donors (Lipinski definition) is 0. The fourth-order valence-corrected chi connectivity index (χ4v) is 3.27. The van der Waals surface area contributed by atoms with Crippen LogP contribution in [-0.4, -0.2) is 33.6 Å². The first-order valence-electron chi connectivity index (χ1n) is 8.90. The zero-order chi connectivity index (χ0) is 20.4. The number of amides is 3. The Kier molecular flexibility index (Phi) is 4.90. The van der Waals surface area contributed by atoms with Crippen molar-refractivity contribution in [2.45, 2.75) is 19.0 Å². The van der Waals surface area contributed by atoms with Gasteiger partial charge >= 0.3 is 0 Å². The molecule has 1 aromatic carbocycles. The lowest BCUT2D eigenvalue weighted by Crippen LogP contribution is -2.45. The van der Waals surface area contributed by atoms with Gasteiger partial charge in [0.2, 0.25) is 5.91 Å². The quantitative estimate of drug-likeness (QED) is 0.623. The predicted molar refractivity (Wildman–Crippen MR) is 100 cm³/mol. The smallest absolute Gasteiger partial charge is 0.290 e. The van der Waals surface area contributed by atoms with Gasteiger partial charge in [-0.1, -0.05) is 6.07 Å². The van der Waals surface area contributed by atoms with Gasteiger partial charge in [0, 0.05) is 18.9 Å². The molecule has 1 aliphatic rings. The van der Waals surface area contributed by atoms with Gasteiger partial charge in [0.15, 0.2) is 5.76 Å². The Labute approximate surface area is 165 Å². The molecular weight excluding hydrogens is 377 g/mol. The normalized spacial score (nSPS) is 16.3. The van der Waals surface area contributed by atoms with E-state index in [0.29, 0.717) is 5.56 Å². The van der Waals surface area contributed by atoms with Crippen molar-refractivity contribution in [3.8, 4) is 0 Å². The van der Waals surface area contributed by atoms with E-state index in [1.807, 2.05) is 0 Å². The van der Waals surface area contributed by atoms with Gasteiger partial charge in [0.25, 0.3) is 11.8 Å². The maximum absolute atomic E-state index is 13.2. The van der Waals surface area contributed by atoms with Gasteiger partial charge in [-0.25, -0.2) is 9.29 Å². The predicted octanol–water partition coefficient (Wildman–Crippen LogP) is 2.79. The van der Waals surface area contributed by atoms with Crippen LogP contribution in [-0.2, 0) is 16.1 Å². The molecule has 3 heterocycles. The second-order valence-corrected chi connectivity index (χ2v) is 6.54. The van der Waals surface area contributed by atoms with Gasteiger partial charge in [-0.05, 0) is 48.0 Å². The van der Waals surface area contributed by atoms with Crippen molar-refractivity contribution in [3.05, 3.63) is 84.3 Å². The second kappa shape index (κ2) is 7.67. The van der Waals surface area contributed by atoms with Crippen LogP contribution < -0.4 is 4.90 Å². The largest absolute Gasteiger partial charge is 0.459 e. The SMILES string of the molecule is O=C1CC(N(Cc2cccnc2)C(=O)c2ccco2)C(=O)N1c1ccc(F)cc1. The van der Waals surface area contributed by atoms with Gasteiger partial charge in [-0.3, -0.25) is 19.4 Å². The van der Waals surface area contributed by atoms with E-state index in [9.17, 15) is 18.8 Å². The molecule has 0 bridgehead atoms. The number of nitrogens with zero attached hydrogens (tertiary/aromatic N) is 3. The first-order valence-corrected chi connectivity index (χ1v) is 8.90. The number of anilines is 1. The fourth-order valence-electron chi connectivity index (χ4n) is 3.27. The Bertz CT molecular complexity index is 1040. The van der Waals surface area contributed by atoms with Crippen LogP contribution in [0.4, 0.5) is 10.1 Å². The summed E-state index contributed by atoms with van der Waals surface area (Å²) in [6.07, 6.45) is 4.37. The minimum absolute atomic E-state index is 0.0642. The number of pyridine rings is 1. The molecule has 1 unspecified atom stereocenters. The van der Waals surface area contributed by atoms with Crippen molar-refractivity contribution in [1.29, 1.82) is 0 Å². The van der Waals surface area contributed by atoms with E-state index in [2.05, 4.69) is 4.98 Å². The first-order chi connectivity index (χ1) is 14.0. The summed E-state index contributed by atoms with van der Waals surface area (Å²) in [4.78, 5) is 45.0. The van der Waals surface area contributed by atoms with E-state index in [-0.39, 0.29) is 24.4 Å². The van der Waals surface area contributed by atoms with Crippen LogP contribution >= 0.6 is 0 Å². The lowest BCUT2D eigenvalue weighted by Gasteiger charge is -2.26. The molecule has 2 aromatic heterocycles. The highest BCUT2D eigenvalue weighted by molar-refractivity contribution is 6.23. The van der Waals surface area contributed by atoms with Gasteiger partial charge in [-0.2, -0.15) is 0 Å². The third-order valence-corrected chi connectivity index (χ3v) is 4.65. The number of aromatic nitrogens is 1. The standard InChI is InChI=1S/C21H16FN3O4/c22-15-5-7-16(8-6-15)25-19(26)11-17(20(25)27)24(13-14-3-1-9-23-12-14)21(28)18-4-2-10-29-18/h1-10,12,17H,11,13H2. The minimum atomic E-state index is -1.01. The van der Waals surface area contributed by atoms with Crippen LogP contribution in [0.1, 0.15) is 22.5 Å². The van der Waals surface area contributed by atoms with Crippen molar-refractivity contribution in [2.75, 3.05) is 4.90 Å². The first kappa shape index (κ1) is 18.5. The van der Waals surface area contributed by atoms with E-state index in [0.717, 1.165) is 4.90 Å². The van der Waals surface area contributed by atoms with Crippen LogP contribution in [0.25, 0.3) is 0 Å². The summed E-state index contributed by atoms with van der Waals surface area (Å²) >= 11 is 0. The average molecular weight is 393 g/mol.